The molecule has 0 saturated carbocycles. The monoisotopic (exact) mass is 344 g/mol. The third-order valence-electron chi connectivity index (χ3n) is 4.32. The van der Waals surface area contributed by atoms with Crippen LogP contribution in [0.1, 0.15) is 27.6 Å². The van der Waals surface area contributed by atoms with Crippen molar-refractivity contribution in [2.24, 2.45) is 0 Å². The molecular weight excluding hydrogens is 324 g/mol. The van der Waals surface area contributed by atoms with Gasteiger partial charge in [-0.15, -0.1) is 0 Å². The van der Waals surface area contributed by atoms with E-state index in [1.54, 1.807) is 35.8 Å². The first-order valence-corrected chi connectivity index (χ1v) is 8.12. The lowest BCUT2D eigenvalue weighted by Gasteiger charge is -2.34. The Morgan fingerprint density at radius 1 is 1.20 bits per heavy atom. The zero-order valence-corrected chi connectivity index (χ0v) is 14.2. The van der Waals surface area contributed by atoms with Gasteiger partial charge in [-0.2, -0.15) is 0 Å². The Morgan fingerprint density at radius 3 is 2.48 bits per heavy atom. The molecule has 1 saturated heterocycles. The number of amides is 2. The molecule has 1 fully saturated rings. The molecule has 0 aromatic carbocycles. The number of aryl methyl sites for hydroxylation is 2. The van der Waals surface area contributed by atoms with E-state index in [0.29, 0.717) is 49.0 Å². The number of aromatic nitrogens is 2. The number of rotatable bonds is 3. The maximum Gasteiger partial charge on any atom is 0.289 e. The van der Waals surface area contributed by atoms with Gasteiger partial charge in [0, 0.05) is 37.4 Å². The molecule has 25 heavy (non-hydrogen) atoms. The van der Waals surface area contributed by atoms with Crippen molar-refractivity contribution in [1.29, 1.82) is 0 Å². The van der Waals surface area contributed by atoms with Crippen molar-refractivity contribution in [1.82, 2.24) is 19.8 Å². The molecule has 1 N–H and O–H groups in total. The Bertz CT molecular complexity index is 833. The Labute approximate surface area is 144 Å². The second-order valence-corrected chi connectivity index (χ2v) is 6.04. The van der Waals surface area contributed by atoms with Crippen LogP contribution in [0.15, 0.2) is 27.6 Å². The van der Waals surface area contributed by atoms with E-state index in [4.69, 9.17) is 4.42 Å². The molecule has 3 rings (SSSR count). The number of carbonyl (C=O) groups excluding carboxylic acids is 2. The summed E-state index contributed by atoms with van der Waals surface area (Å²) >= 11 is 0. The predicted molar refractivity (Wildman–Crippen MR) is 89.2 cm³/mol. The molecule has 0 radical (unpaired) electrons. The van der Waals surface area contributed by atoms with Crippen LogP contribution in [-0.2, 0) is 11.2 Å². The molecule has 0 bridgehead atoms. The van der Waals surface area contributed by atoms with Crippen molar-refractivity contribution >= 4 is 11.8 Å². The molecule has 8 nitrogen and oxygen atoms in total. The normalized spacial score (nSPS) is 14.6. The maximum atomic E-state index is 12.5. The van der Waals surface area contributed by atoms with Crippen LogP contribution >= 0.6 is 0 Å². The molecule has 132 valence electrons. The second kappa shape index (κ2) is 6.92. The number of piperazine rings is 1. The Hall–Kier alpha value is -2.90. The lowest BCUT2D eigenvalue weighted by atomic mass is 10.1. The Kier molecular flexibility index (Phi) is 4.69. The van der Waals surface area contributed by atoms with Crippen LogP contribution in [0, 0.1) is 13.8 Å². The standard InChI is InChI=1S/C17H20N4O4/c1-11-13(16(23)19-12(2)18-11)10-15(22)20-5-7-21(8-6-20)17(24)14-4-3-9-25-14/h3-4,9H,5-8,10H2,1-2H3,(H,18,19,23). The fraction of sp³-hybridized carbons (Fsp3) is 0.412. The fourth-order valence-corrected chi connectivity index (χ4v) is 2.94. The topological polar surface area (TPSA) is 99.5 Å². The van der Waals surface area contributed by atoms with Gasteiger partial charge in [-0.05, 0) is 26.0 Å². The predicted octanol–water partition coefficient (Wildman–Crippen LogP) is 0.507. The third kappa shape index (κ3) is 3.62. The second-order valence-electron chi connectivity index (χ2n) is 6.04. The lowest BCUT2D eigenvalue weighted by Crippen LogP contribution is -2.51. The highest BCUT2D eigenvalue weighted by Gasteiger charge is 2.26. The van der Waals surface area contributed by atoms with E-state index in [2.05, 4.69) is 9.97 Å². The van der Waals surface area contributed by atoms with Gasteiger partial charge in [0.05, 0.1) is 12.7 Å². The molecule has 2 amide bonds. The quantitative estimate of drug-likeness (QED) is 0.874. The third-order valence-corrected chi connectivity index (χ3v) is 4.32. The van der Waals surface area contributed by atoms with Gasteiger partial charge in [-0.1, -0.05) is 0 Å². The summed E-state index contributed by atoms with van der Waals surface area (Å²) in [5.74, 6) is 0.521. The summed E-state index contributed by atoms with van der Waals surface area (Å²) in [5, 5.41) is 0. The zero-order valence-electron chi connectivity index (χ0n) is 14.2. The van der Waals surface area contributed by atoms with Crippen molar-refractivity contribution in [2.45, 2.75) is 20.3 Å². The lowest BCUT2D eigenvalue weighted by molar-refractivity contribution is -0.132. The molecule has 0 aliphatic carbocycles. The van der Waals surface area contributed by atoms with E-state index >= 15 is 0 Å². The first-order chi connectivity index (χ1) is 12.0. The van der Waals surface area contributed by atoms with Crippen LogP contribution in [0.25, 0.3) is 0 Å². The average Bonchev–Trinajstić information content (AvgIpc) is 3.12. The van der Waals surface area contributed by atoms with Gasteiger partial charge >= 0.3 is 0 Å². The van der Waals surface area contributed by atoms with Gasteiger partial charge in [-0.25, -0.2) is 4.98 Å². The van der Waals surface area contributed by atoms with Crippen molar-refractivity contribution in [3.63, 3.8) is 0 Å². The molecule has 2 aromatic rings. The van der Waals surface area contributed by atoms with Gasteiger partial charge in [-0.3, -0.25) is 14.4 Å². The number of carbonyl (C=O) groups is 2. The van der Waals surface area contributed by atoms with Gasteiger partial charge in [0.25, 0.3) is 11.5 Å². The minimum atomic E-state index is -0.273. The highest BCUT2D eigenvalue weighted by molar-refractivity contribution is 5.91. The first kappa shape index (κ1) is 16.9. The van der Waals surface area contributed by atoms with Crippen LogP contribution in [-0.4, -0.2) is 57.8 Å². The summed E-state index contributed by atoms with van der Waals surface area (Å²) in [6, 6.07) is 3.29. The van der Waals surface area contributed by atoms with Crippen LogP contribution in [0.2, 0.25) is 0 Å². The van der Waals surface area contributed by atoms with Gasteiger partial charge < -0.3 is 19.2 Å². The van der Waals surface area contributed by atoms with E-state index in [0.717, 1.165) is 0 Å². The van der Waals surface area contributed by atoms with Crippen LogP contribution in [0.3, 0.4) is 0 Å². The first-order valence-electron chi connectivity index (χ1n) is 8.12. The van der Waals surface area contributed by atoms with E-state index in [-0.39, 0.29) is 23.8 Å². The fourth-order valence-electron chi connectivity index (χ4n) is 2.94. The van der Waals surface area contributed by atoms with E-state index in [1.165, 1.54) is 6.26 Å². The summed E-state index contributed by atoms with van der Waals surface area (Å²) in [5.41, 5.74) is 0.691. The van der Waals surface area contributed by atoms with E-state index in [9.17, 15) is 14.4 Å². The number of hydrogen-bond acceptors (Lipinski definition) is 5. The number of H-pyrrole nitrogens is 1. The number of furan rings is 1. The van der Waals surface area contributed by atoms with Gasteiger partial charge in [0.15, 0.2) is 5.76 Å². The largest absolute Gasteiger partial charge is 0.459 e. The van der Waals surface area contributed by atoms with Gasteiger partial charge in [0.2, 0.25) is 5.91 Å². The minimum Gasteiger partial charge on any atom is -0.459 e. The van der Waals surface area contributed by atoms with Gasteiger partial charge in [0.1, 0.15) is 5.82 Å². The summed E-state index contributed by atoms with van der Waals surface area (Å²) in [6.07, 6.45) is 1.48. The highest BCUT2D eigenvalue weighted by atomic mass is 16.3. The molecule has 2 aromatic heterocycles. The van der Waals surface area contributed by atoms with Crippen LogP contribution < -0.4 is 5.56 Å². The molecule has 0 spiro atoms. The van der Waals surface area contributed by atoms with Crippen molar-refractivity contribution in [3.05, 3.63) is 51.6 Å². The molecule has 8 heteroatoms. The summed E-state index contributed by atoms with van der Waals surface area (Å²) in [6.45, 7) is 5.17. The number of aromatic amines is 1. The zero-order chi connectivity index (χ0) is 18.0. The highest BCUT2D eigenvalue weighted by Crippen LogP contribution is 2.11. The number of nitrogens with one attached hydrogen (secondary N) is 1. The molecule has 0 atom stereocenters. The summed E-state index contributed by atoms with van der Waals surface area (Å²) in [4.78, 5) is 46.9. The maximum absolute atomic E-state index is 12.5. The molecular formula is C17H20N4O4. The Morgan fingerprint density at radius 2 is 1.88 bits per heavy atom. The average molecular weight is 344 g/mol. The molecule has 3 heterocycles. The minimum absolute atomic E-state index is 0.0145. The summed E-state index contributed by atoms with van der Waals surface area (Å²) in [7, 11) is 0. The van der Waals surface area contributed by atoms with Crippen LogP contribution in [0.5, 0.6) is 0 Å². The molecule has 0 unspecified atom stereocenters. The summed E-state index contributed by atoms with van der Waals surface area (Å²) < 4.78 is 5.12. The SMILES string of the molecule is Cc1nc(C)c(CC(=O)N2CCN(C(=O)c3ccco3)CC2)c(=O)[nH]1. The molecule has 1 aliphatic heterocycles. The Balaban J connectivity index is 1.61. The number of hydrogen-bond donors (Lipinski definition) is 1. The number of nitrogens with zero attached hydrogens (tertiary/aromatic N) is 3. The van der Waals surface area contributed by atoms with Crippen molar-refractivity contribution in [2.75, 3.05) is 26.2 Å². The van der Waals surface area contributed by atoms with Crippen molar-refractivity contribution in [3.8, 4) is 0 Å². The van der Waals surface area contributed by atoms with Crippen molar-refractivity contribution < 1.29 is 14.0 Å². The van der Waals surface area contributed by atoms with E-state index in [1.807, 2.05) is 0 Å². The van der Waals surface area contributed by atoms with E-state index < -0.39 is 0 Å². The molecule has 1 aliphatic rings. The van der Waals surface area contributed by atoms with Crippen LogP contribution in [0.4, 0.5) is 0 Å². The smallest absolute Gasteiger partial charge is 0.289 e.